The van der Waals surface area contributed by atoms with E-state index < -0.39 is 0 Å². The molecule has 2 amide bonds. The molecule has 0 aliphatic heterocycles. The van der Waals surface area contributed by atoms with E-state index in [-0.39, 0.29) is 23.6 Å². The molecule has 5 nitrogen and oxygen atoms in total. The summed E-state index contributed by atoms with van der Waals surface area (Å²) >= 11 is 1.53. The fourth-order valence-corrected chi connectivity index (χ4v) is 4.91. The Morgan fingerprint density at radius 2 is 1.96 bits per heavy atom. The molecule has 2 N–H and O–H groups in total. The van der Waals surface area contributed by atoms with Crippen LogP contribution in [0.15, 0.2) is 22.8 Å². The maximum absolute atomic E-state index is 12.8. The smallest absolute Gasteiger partial charge is 0.291 e. The normalized spacial score (nSPS) is 17.0. The van der Waals surface area contributed by atoms with Gasteiger partial charge in [-0.05, 0) is 49.8 Å². The summed E-state index contributed by atoms with van der Waals surface area (Å²) in [5, 5.41) is 6.68. The zero-order valence-electron chi connectivity index (χ0n) is 13.4. The predicted octanol–water partition coefficient (Wildman–Crippen LogP) is 3.75. The lowest BCUT2D eigenvalue weighted by Crippen LogP contribution is -2.33. The molecule has 0 radical (unpaired) electrons. The molecule has 2 aromatic heterocycles. The Labute approximate surface area is 144 Å². The Morgan fingerprint density at radius 3 is 2.71 bits per heavy atom. The van der Waals surface area contributed by atoms with Crippen molar-refractivity contribution in [2.75, 3.05) is 5.32 Å². The number of fused-ring (bicyclic) bond motifs is 1. The van der Waals surface area contributed by atoms with Gasteiger partial charge in [0.15, 0.2) is 5.76 Å². The highest BCUT2D eigenvalue weighted by Crippen LogP contribution is 2.39. The number of rotatable bonds is 4. The van der Waals surface area contributed by atoms with Gasteiger partial charge in [-0.2, -0.15) is 0 Å². The number of carbonyl (C=O) groups excluding carboxylic acids is 2. The molecule has 0 unspecified atom stereocenters. The number of aryl methyl sites for hydroxylation is 1. The summed E-state index contributed by atoms with van der Waals surface area (Å²) in [6, 6.07) is 3.56. The molecule has 0 saturated heterocycles. The number of hydrogen-bond acceptors (Lipinski definition) is 4. The zero-order chi connectivity index (χ0) is 16.5. The molecule has 0 atom stereocenters. The Bertz CT molecular complexity index is 758. The van der Waals surface area contributed by atoms with Gasteiger partial charge in [0.2, 0.25) is 0 Å². The monoisotopic (exact) mass is 344 g/mol. The minimum Gasteiger partial charge on any atom is -0.459 e. The van der Waals surface area contributed by atoms with Crippen molar-refractivity contribution in [1.29, 1.82) is 0 Å². The second kappa shape index (κ2) is 6.43. The summed E-state index contributed by atoms with van der Waals surface area (Å²) in [6.07, 6.45) is 8.90. The van der Waals surface area contributed by atoms with Crippen LogP contribution in [0.4, 0.5) is 5.00 Å². The van der Waals surface area contributed by atoms with Crippen LogP contribution < -0.4 is 10.6 Å². The summed E-state index contributed by atoms with van der Waals surface area (Å²) in [5.74, 6) is -0.100. The van der Waals surface area contributed by atoms with Crippen LogP contribution in [0.5, 0.6) is 0 Å². The molecule has 1 saturated carbocycles. The van der Waals surface area contributed by atoms with Crippen molar-refractivity contribution in [2.45, 2.75) is 51.0 Å². The number of hydrogen-bond donors (Lipinski definition) is 2. The van der Waals surface area contributed by atoms with Crippen molar-refractivity contribution in [3.63, 3.8) is 0 Å². The molecule has 4 rings (SSSR count). The molecule has 0 aromatic carbocycles. The molecular weight excluding hydrogens is 324 g/mol. The zero-order valence-corrected chi connectivity index (χ0v) is 14.2. The molecule has 0 spiro atoms. The quantitative estimate of drug-likeness (QED) is 0.887. The van der Waals surface area contributed by atoms with Gasteiger partial charge in [-0.3, -0.25) is 9.59 Å². The first-order chi connectivity index (χ1) is 11.7. The molecule has 6 heteroatoms. The van der Waals surface area contributed by atoms with Crippen molar-refractivity contribution in [2.24, 2.45) is 0 Å². The molecule has 1 fully saturated rings. The standard InChI is InChI=1S/C18H20N2O3S/c21-16(13-8-4-10-23-13)20-18-15(12-7-3-9-14(12)24-18)17(22)19-11-5-1-2-6-11/h4,8,10-11H,1-3,5-7,9H2,(H,19,22)(H,20,21). The second-order valence-corrected chi connectivity index (χ2v) is 7.55. The maximum Gasteiger partial charge on any atom is 0.291 e. The lowest BCUT2D eigenvalue weighted by molar-refractivity contribution is 0.0938. The number of furan rings is 1. The van der Waals surface area contributed by atoms with Gasteiger partial charge in [-0.25, -0.2) is 0 Å². The molecule has 2 aliphatic carbocycles. The summed E-state index contributed by atoms with van der Waals surface area (Å²) in [4.78, 5) is 26.3. The number of anilines is 1. The Hall–Kier alpha value is -2.08. The van der Waals surface area contributed by atoms with E-state index in [4.69, 9.17) is 4.42 Å². The largest absolute Gasteiger partial charge is 0.459 e. The van der Waals surface area contributed by atoms with Gasteiger partial charge in [0.25, 0.3) is 11.8 Å². The van der Waals surface area contributed by atoms with Crippen molar-refractivity contribution >= 4 is 28.2 Å². The highest BCUT2D eigenvalue weighted by atomic mass is 32.1. The molecular formula is C18H20N2O3S. The Kier molecular flexibility index (Phi) is 4.14. The van der Waals surface area contributed by atoms with E-state index in [0.29, 0.717) is 10.6 Å². The van der Waals surface area contributed by atoms with Crippen molar-refractivity contribution in [3.8, 4) is 0 Å². The third-order valence-corrected chi connectivity index (χ3v) is 6.02. The predicted molar refractivity (Wildman–Crippen MR) is 92.7 cm³/mol. The van der Waals surface area contributed by atoms with Gasteiger partial charge in [-0.1, -0.05) is 12.8 Å². The average molecular weight is 344 g/mol. The lowest BCUT2D eigenvalue weighted by atomic mass is 10.1. The molecule has 126 valence electrons. The summed E-state index contributed by atoms with van der Waals surface area (Å²) < 4.78 is 5.14. The fraction of sp³-hybridized carbons (Fsp3) is 0.444. The van der Waals surface area contributed by atoms with Crippen LogP contribution in [0.2, 0.25) is 0 Å². The minimum absolute atomic E-state index is 0.0453. The van der Waals surface area contributed by atoms with E-state index in [2.05, 4.69) is 10.6 Å². The Morgan fingerprint density at radius 1 is 1.12 bits per heavy atom. The van der Waals surface area contributed by atoms with Gasteiger partial charge in [0.05, 0.1) is 11.8 Å². The van der Waals surface area contributed by atoms with E-state index in [1.807, 2.05) is 0 Å². The first-order valence-corrected chi connectivity index (χ1v) is 9.34. The highest BCUT2D eigenvalue weighted by molar-refractivity contribution is 7.17. The van der Waals surface area contributed by atoms with Crippen LogP contribution >= 0.6 is 11.3 Å². The molecule has 2 heterocycles. The van der Waals surface area contributed by atoms with Crippen LogP contribution in [0, 0.1) is 0 Å². The fourth-order valence-electron chi connectivity index (χ4n) is 3.63. The third-order valence-electron chi connectivity index (χ3n) is 4.81. The van der Waals surface area contributed by atoms with Crippen LogP contribution in [0.3, 0.4) is 0 Å². The molecule has 2 aromatic rings. The summed E-state index contributed by atoms with van der Waals surface area (Å²) in [7, 11) is 0. The topological polar surface area (TPSA) is 71.3 Å². The van der Waals surface area contributed by atoms with Crippen LogP contribution in [0.1, 0.15) is 63.5 Å². The van der Waals surface area contributed by atoms with E-state index in [1.54, 1.807) is 12.1 Å². The van der Waals surface area contributed by atoms with Gasteiger partial charge >= 0.3 is 0 Å². The number of amides is 2. The lowest BCUT2D eigenvalue weighted by Gasteiger charge is -2.13. The number of nitrogens with one attached hydrogen (secondary N) is 2. The van der Waals surface area contributed by atoms with Gasteiger partial charge in [-0.15, -0.1) is 11.3 Å². The van der Waals surface area contributed by atoms with Crippen molar-refractivity contribution in [1.82, 2.24) is 5.32 Å². The van der Waals surface area contributed by atoms with Gasteiger partial charge in [0, 0.05) is 10.9 Å². The molecule has 2 aliphatic rings. The third kappa shape index (κ3) is 2.86. The van der Waals surface area contributed by atoms with Crippen molar-refractivity contribution in [3.05, 3.63) is 40.2 Å². The first-order valence-electron chi connectivity index (χ1n) is 8.52. The minimum atomic E-state index is -0.310. The van der Waals surface area contributed by atoms with E-state index >= 15 is 0 Å². The summed E-state index contributed by atoms with van der Waals surface area (Å²) in [6.45, 7) is 0. The number of carbonyl (C=O) groups is 2. The highest BCUT2D eigenvalue weighted by Gasteiger charge is 2.29. The molecule has 24 heavy (non-hydrogen) atoms. The maximum atomic E-state index is 12.8. The SMILES string of the molecule is O=C(Nc1sc2c(c1C(=O)NC1CCCC1)CCC2)c1ccco1. The van der Waals surface area contributed by atoms with Crippen molar-refractivity contribution < 1.29 is 14.0 Å². The summed E-state index contributed by atoms with van der Waals surface area (Å²) in [5.41, 5.74) is 1.78. The van der Waals surface area contributed by atoms with E-state index in [0.717, 1.165) is 37.7 Å². The van der Waals surface area contributed by atoms with Crippen LogP contribution in [-0.4, -0.2) is 17.9 Å². The van der Waals surface area contributed by atoms with Gasteiger partial charge in [0.1, 0.15) is 5.00 Å². The van der Waals surface area contributed by atoms with E-state index in [9.17, 15) is 9.59 Å². The van der Waals surface area contributed by atoms with E-state index in [1.165, 1.54) is 35.3 Å². The average Bonchev–Trinajstić information content (AvgIpc) is 3.32. The first kappa shape index (κ1) is 15.4. The number of thiophene rings is 1. The van der Waals surface area contributed by atoms with Crippen LogP contribution in [-0.2, 0) is 12.8 Å². The van der Waals surface area contributed by atoms with Crippen LogP contribution in [0.25, 0.3) is 0 Å². The molecule has 0 bridgehead atoms. The Balaban J connectivity index is 1.59. The second-order valence-electron chi connectivity index (χ2n) is 6.45. The van der Waals surface area contributed by atoms with Gasteiger partial charge < -0.3 is 15.1 Å².